The fourth-order valence-corrected chi connectivity index (χ4v) is 4.21. The van der Waals surface area contributed by atoms with Crippen LogP contribution in [0.15, 0.2) is 89.3 Å². The Morgan fingerprint density at radius 2 is 1.62 bits per heavy atom. The molecule has 0 radical (unpaired) electrons. The zero-order valence-electron chi connectivity index (χ0n) is 19.9. The van der Waals surface area contributed by atoms with E-state index in [-0.39, 0.29) is 23.2 Å². The van der Waals surface area contributed by atoms with E-state index in [1.165, 1.54) is 6.07 Å². The topological polar surface area (TPSA) is 125 Å². The third-order valence-corrected chi connectivity index (χ3v) is 6.01. The number of carbonyl (C=O) groups is 3. The highest BCUT2D eigenvalue weighted by Crippen LogP contribution is 2.33. The molecule has 5 aromatic rings. The van der Waals surface area contributed by atoms with Crippen molar-refractivity contribution < 1.29 is 23.5 Å². The second kappa shape index (κ2) is 9.94. The molecule has 1 heterocycles. The lowest BCUT2D eigenvalue weighted by Gasteiger charge is -2.18. The number of benzene rings is 4. The Morgan fingerprint density at radius 1 is 0.919 bits per heavy atom. The van der Waals surface area contributed by atoms with Crippen molar-refractivity contribution in [1.82, 2.24) is 4.98 Å². The molecule has 0 aliphatic carbocycles. The van der Waals surface area contributed by atoms with Crippen LogP contribution in [0.3, 0.4) is 0 Å². The Hall–Kier alpha value is -4.98. The molecule has 0 fully saturated rings. The van der Waals surface area contributed by atoms with Gasteiger partial charge in [-0.1, -0.05) is 55.5 Å². The molecule has 0 bridgehead atoms. The number of hydrogen-bond acceptors (Lipinski definition) is 6. The molecular weight excluding hydrogens is 470 g/mol. The summed E-state index contributed by atoms with van der Waals surface area (Å²) in [5.41, 5.74) is 8.06. The van der Waals surface area contributed by atoms with E-state index in [4.69, 9.17) is 14.9 Å². The van der Waals surface area contributed by atoms with Crippen molar-refractivity contribution in [3.63, 3.8) is 0 Å². The minimum Gasteiger partial charge on any atom is -0.449 e. The number of nitrogens with zero attached hydrogens (tertiary/aromatic N) is 1. The fourth-order valence-electron chi connectivity index (χ4n) is 4.21. The molecule has 5 rings (SSSR count). The number of fused-ring (bicyclic) bond motifs is 2. The Labute approximate surface area is 212 Å². The van der Waals surface area contributed by atoms with Gasteiger partial charge >= 0.3 is 5.97 Å². The molecule has 0 saturated carbocycles. The van der Waals surface area contributed by atoms with Crippen molar-refractivity contribution in [1.29, 1.82) is 0 Å². The predicted octanol–water partition coefficient (Wildman–Crippen LogP) is 5.32. The highest BCUT2D eigenvalue weighted by atomic mass is 16.5. The van der Waals surface area contributed by atoms with E-state index in [0.717, 1.165) is 5.39 Å². The molecule has 1 aromatic heterocycles. The molecule has 184 valence electrons. The van der Waals surface area contributed by atoms with Gasteiger partial charge in [-0.3, -0.25) is 9.59 Å². The van der Waals surface area contributed by atoms with E-state index in [9.17, 15) is 14.4 Å². The standard InChI is InChI=1S/C29H23N3O5/c1-2-23(27(34)31-21-14-4-3-11-18(21)26(30)33)37-29(35)20-13-8-10-17-9-7-12-19(25(17)20)28-32-22-15-5-6-16-24(22)36-28/h3-16,23H,2H2,1H3,(H2,30,33)(H,31,34). The molecule has 8 nitrogen and oxygen atoms in total. The molecule has 2 amide bonds. The van der Waals surface area contributed by atoms with E-state index < -0.39 is 23.9 Å². The number of anilines is 1. The second-order valence-corrected chi connectivity index (χ2v) is 8.40. The van der Waals surface area contributed by atoms with E-state index in [0.29, 0.717) is 27.9 Å². The van der Waals surface area contributed by atoms with Gasteiger partial charge < -0.3 is 20.2 Å². The maximum atomic E-state index is 13.4. The Balaban J connectivity index is 1.47. The number of nitrogens with two attached hydrogens (primary N) is 1. The second-order valence-electron chi connectivity index (χ2n) is 8.40. The zero-order chi connectivity index (χ0) is 25.9. The number of primary amides is 1. The number of carbonyl (C=O) groups excluding carboxylic acids is 3. The molecule has 1 atom stereocenters. The summed E-state index contributed by atoms with van der Waals surface area (Å²) in [6.07, 6.45) is -0.876. The maximum absolute atomic E-state index is 13.4. The lowest BCUT2D eigenvalue weighted by molar-refractivity contribution is -0.124. The molecule has 8 heteroatoms. The van der Waals surface area contributed by atoms with Gasteiger partial charge in [0.1, 0.15) is 5.52 Å². The molecule has 3 N–H and O–H groups in total. The Morgan fingerprint density at radius 3 is 2.38 bits per heavy atom. The SMILES string of the molecule is CCC(OC(=O)c1cccc2cccc(-c3nc4ccccc4o3)c12)C(=O)Nc1ccccc1C(N)=O. The number of oxazole rings is 1. The average molecular weight is 494 g/mol. The van der Waals surface area contributed by atoms with Crippen LogP contribution < -0.4 is 11.1 Å². The predicted molar refractivity (Wildman–Crippen MR) is 140 cm³/mol. The van der Waals surface area contributed by atoms with Gasteiger partial charge in [0.2, 0.25) is 5.89 Å². The molecule has 1 unspecified atom stereocenters. The number of para-hydroxylation sites is 3. The first-order valence-electron chi connectivity index (χ1n) is 11.7. The van der Waals surface area contributed by atoms with E-state index in [1.54, 1.807) is 37.3 Å². The number of amides is 2. The summed E-state index contributed by atoms with van der Waals surface area (Å²) in [6.45, 7) is 1.73. The summed E-state index contributed by atoms with van der Waals surface area (Å²) in [7, 11) is 0. The van der Waals surface area contributed by atoms with E-state index >= 15 is 0 Å². The van der Waals surface area contributed by atoms with Crippen molar-refractivity contribution in [2.45, 2.75) is 19.4 Å². The number of rotatable bonds is 7. The van der Waals surface area contributed by atoms with Crippen LogP contribution in [-0.2, 0) is 9.53 Å². The fraction of sp³-hybridized carbons (Fsp3) is 0.103. The van der Waals surface area contributed by atoms with Crippen molar-refractivity contribution >= 4 is 45.3 Å². The van der Waals surface area contributed by atoms with Crippen molar-refractivity contribution in [3.8, 4) is 11.5 Å². The zero-order valence-corrected chi connectivity index (χ0v) is 19.9. The van der Waals surface area contributed by atoms with Gasteiger partial charge in [0.05, 0.1) is 16.8 Å². The van der Waals surface area contributed by atoms with Gasteiger partial charge in [0.25, 0.3) is 11.8 Å². The van der Waals surface area contributed by atoms with Crippen molar-refractivity contribution in [2.24, 2.45) is 5.73 Å². The Kier molecular flexibility index (Phi) is 6.38. The minimum absolute atomic E-state index is 0.161. The molecule has 4 aromatic carbocycles. The number of hydrogen-bond donors (Lipinski definition) is 2. The van der Waals surface area contributed by atoms with Crippen LogP contribution in [0.5, 0.6) is 0 Å². The van der Waals surface area contributed by atoms with Gasteiger partial charge in [0.15, 0.2) is 11.7 Å². The van der Waals surface area contributed by atoms with Gasteiger partial charge in [-0.05, 0) is 48.2 Å². The van der Waals surface area contributed by atoms with Crippen LogP contribution in [0, 0.1) is 0 Å². The largest absolute Gasteiger partial charge is 0.449 e. The smallest absolute Gasteiger partial charge is 0.339 e. The third-order valence-electron chi connectivity index (χ3n) is 6.01. The van der Waals surface area contributed by atoms with Crippen LogP contribution in [0.1, 0.15) is 34.1 Å². The van der Waals surface area contributed by atoms with Gasteiger partial charge in [-0.15, -0.1) is 0 Å². The third kappa shape index (κ3) is 4.64. The first-order chi connectivity index (χ1) is 18.0. The number of esters is 1. The number of aromatic nitrogens is 1. The van der Waals surface area contributed by atoms with Crippen LogP contribution >= 0.6 is 0 Å². The van der Waals surface area contributed by atoms with E-state index in [1.807, 2.05) is 48.5 Å². The minimum atomic E-state index is -1.10. The molecule has 0 aliphatic rings. The van der Waals surface area contributed by atoms with E-state index in [2.05, 4.69) is 10.3 Å². The van der Waals surface area contributed by atoms with Crippen LogP contribution in [-0.4, -0.2) is 28.9 Å². The van der Waals surface area contributed by atoms with Crippen molar-refractivity contribution in [3.05, 3.63) is 96.1 Å². The summed E-state index contributed by atoms with van der Waals surface area (Å²) in [5, 5.41) is 4.05. The highest BCUT2D eigenvalue weighted by Gasteiger charge is 2.25. The van der Waals surface area contributed by atoms with Crippen LogP contribution in [0.25, 0.3) is 33.3 Å². The quantitative estimate of drug-likeness (QED) is 0.296. The maximum Gasteiger partial charge on any atom is 0.339 e. The van der Waals surface area contributed by atoms with Gasteiger partial charge in [0, 0.05) is 10.9 Å². The van der Waals surface area contributed by atoms with Crippen LogP contribution in [0.4, 0.5) is 5.69 Å². The lowest BCUT2D eigenvalue weighted by Crippen LogP contribution is -2.32. The van der Waals surface area contributed by atoms with Crippen molar-refractivity contribution in [2.75, 3.05) is 5.32 Å². The first kappa shape index (κ1) is 23.7. The summed E-state index contributed by atoms with van der Waals surface area (Å²) in [4.78, 5) is 42.7. The van der Waals surface area contributed by atoms with Gasteiger partial charge in [-0.2, -0.15) is 0 Å². The highest BCUT2D eigenvalue weighted by molar-refractivity contribution is 6.11. The van der Waals surface area contributed by atoms with Gasteiger partial charge in [-0.25, -0.2) is 9.78 Å². The lowest BCUT2D eigenvalue weighted by atomic mass is 9.99. The summed E-state index contributed by atoms with van der Waals surface area (Å²) in [6, 6.07) is 24.6. The Bertz CT molecular complexity index is 1620. The average Bonchev–Trinajstić information content (AvgIpc) is 3.35. The summed E-state index contributed by atoms with van der Waals surface area (Å²) < 4.78 is 11.6. The summed E-state index contributed by atoms with van der Waals surface area (Å²) in [5.74, 6) is -1.54. The van der Waals surface area contributed by atoms with Crippen LogP contribution in [0.2, 0.25) is 0 Å². The number of ether oxygens (including phenoxy) is 1. The summed E-state index contributed by atoms with van der Waals surface area (Å²) >= 11 is 0. The monoisotopic (exact) mass is 493 g/mol. The number of nitrogens with one attached hydrogen (secondary N) is 1. The molecule has 0 spiro atoms. The molecule has 0 saturated heterocycles. The molecular formula is C29H23N3O5. The first-order valence-corrected chi connectivity index (χ1v) is 11.7. The molecule has 0 aliphatic heterocycles. The normalized spacial score (nSPS) is 11.8. The molecule has 37 heavy (non-hydrogen) atoms.